The summed E-state index contributed by atoms with van der Waals surface area (Å²) >= 11 is 0. The number of nitrogens with zero attached hydrogens (tertiary/aromatic N) is 2. The Morgan fingerprint density at radius 3 is 2.57 bits per heavy atom. The van der Waals surface area contributed by atoms with E-state index in [4.69, 9.17) is 0 Å². The second-order valence-electron chi connectivity index (χ2n) is 5.40. The zero-order valence-electron chi connectivity index (χ0n) is 12.0. The van der Waals surface area contributed by atoms with Gasteiger partial charge in [-0.1, -0.05) is 6.07 Å². The van der Waals surface area contributed by atoms with Gasteiger partial charge in [-0.25, -0.2) is 8.42 Å². The van der Waals surface area contributed by atoms with Crippen molar-refractivity contribution in [2.24, 2.45) is 0 Å². The normalized spacial score (nSPS) is 14.4. The van der Waals surface area contributed by atoms with Crippen LogP contribution in [0.3, 0.4) is 0 Å². The van der Waals surface area contributed by atoms with E-state index in [1.54, 1.807) is 25.5 Å². The van der Waals surface area contributed by atoms with Gasteiger partial charge in [0, 0.05) is 26.0 Å². The molecule has 0 radical (unpaired) electrons. The fraction of sp³-hybridized carbons (Fsp3) is 0.312. The van der Waals surface area contributed by atoms with Crippen LogP contribution in [0.2, 0.25) is 0 Å². The monoisotopic (exact) mass is 302 g/mol. The van der Waals surface area contributed by atoms with Gasteiger partial charge in [0.25, 0.3) is 0 Å². The zero-order chi connectivity index (χ0) is 14.9. The molecule has 0 saturated carbocycles. The molecule has 1 heterocycles. The van der Waals surface area contributed by atoms with Crippen molar-refractivity contribution < 1.29 is 8.42 Å². The molecule has 4 nitrogen and oxygen atoms in total. The van der Waals surface area contributed by atoms with Crippen LogP contribution in [-0.4, -0.2) is 24.8 Å². The number of fused-ring (bicyclic) bond motifs is 1. The van der Waals surface area contributed by atoms with Crippen molar-refractivity contribution in [1.82, 2.24) is 9.29 Å². The average molecular weight is 302 g/mol. The predicted molar refractivity (Wildman–Crippen MR) is 81.4 cm³/mol. The summed E-state index contributed by atoms with van der Waals surface area (Å²) in [6, 6.07) is 9.17. The minimum atomic E-state index is -3.45. The molecule has 1 aliphatic carbocycles. The highest BCUT2D eigenvalue weighted by Crippen LogP contribution is 2.26. The van der Waals surface area contributed by atoms with Gasteiger partial charge in [0.15, 0.2) is 0 Å². The molecule has 0 bridgehead atoms. The zero-order valence-corrected chi connectivity index (χ0v) is 12.8. The van der Waals surface area contributed by atoms with Crippen molar-refractivity contribution >= 4 is 10.0 Å². The Balaban J connectivity index is 1.86. The van der Waals surface area contributed by atoms with Gasteiger partial charge in [0.1, 0.15) is 0 Å². The lowest BCUT2D eigenvalue weighted by molar-refractivity contribution is 0.466. The summed E-state index contributed by atoms with van der Waals surface area (Å²) in [6.07, 6.45) is 6.50. The lowest BCUT2D eigenvalue weighted by Crippen LogP contribution is -2.26. The fourth-order valence-corrected chi connectivity index (χ4v) is 3.93. The lowest BCUT2D eigenvalue weighted by atomic mass is 10.1. The van der Waals surface area contributed by atoms with E-state index in [0.29, 0.717) is 11.4 Å². The summed E-state index contributed by atoms with van der Waals surface area (Å²) < 4.78 is 26.7. The van der Waals surface area contributed by atoms with Crippen LogP contribution in [0.1, 0.15) is 23.1 Å². The second-order valence-corrected chi connectivity index (χ2v) is 7.45. The van der Waals surface area contributed by atoms with Crippen LogP contribution in [0.15, 0.2) is 47.6 Å². The molecule has 0 fully saturated rings. The highest BCUT2D eigenvalue weighted by Gasteiger charge is 2.23. The molecule has 2 aromatic rings. The van der Waals surface area contributed by atoms with E-state index in [1.165, 1.54) is 15.4 Å². The minimum Gasteiger partial charge on any atom is -0.265 e. The Kier molecular flexibility index (Phi) is 3.78. The van der Waals surface area contributed by atoms with Crippen molar-refractivity contribution in [3.8, 4) is 0 Å². The van der Waals surface area contributed by atoms with E-state index >= 15 is 0 Å². The number of sulfonamides is 1. The Labute approximate surface area is 125 Å². The average Bonchev–Trinajstić information content (AvgIpc) is 2.95. The number of pyridine rings is 1. The maximum atomic E-state index is 12.6. The van der Waals surface area contributed by atoms with E-state index in [0.717, 1.165) is 24.8 Å². The smallest absolute Gasteiger partial charge is 0.243 e. The van der Waals surface area contributed by atoms with E-state index in [1.807, 2.05) is 24.3 Å². The second kappa shape index (κ2) is 5.58. The number of rotatable bonds is 4. The first-order valence-electron chi connectivity index (χ1n) is 7.04. The summed E-state index contributed by atoms with van der Waals surface area (Å²) in [5, 5.41) is 0. The first-order chi connectivity index (χ1) is 10.1. The maximum absolute atomic E-state index is 12.6. The number of aromatic nitrogens is 1. The molecule has 1 aromatic heterocycles. The third kappa shape index (κ3) is 2.84. The van der Waals surface area contributed by atoms with Crippen molar-refractivity contribution in [1.29, 1.82) is 0 Å². The molecule has 21 heavy (non-hydrogen) atoms. The van der Waals surface area contributed by atoms with E-state index in [-0.39, 0.29) is 0 Å². The van der Waals surface area contributed by atoms with Crippen LogP contribution in [-0.2, 0) is 29.4 Å². The molecule has 5 heteroatoms. The lowest BCUT2D eigenvalue weighted by Gasteiger charge is -2.18. The summed E-state index contributed by atoms with van der Waals surface area (Å²) in [5.41, 5.74) is 3.39. The van der Waals surface area contributed by atoms with Crippen LogP contribution >= 0.6 is 0 Å². The highest BCUT2D eigenvalue weighted by atomic mass is 32.2. The number of benzene rings is 1. The molecule has 1 aliphatic rings. The van der Waals surface area contributed by atoms with Gasteiger partial charge >= 0.3 is 0 Å². The van der Waals surface area contributed by atoms with Crippen LogP contribution in [0.25, 0.3) is 0 Å². The molecular weight excluding hydrogens is 284 g/mol. The van der Waals surface area contributed by atoms with Crippen molar-refractivity contribution in [3.63, 3.8) is 0 Å². The Hall–Kier alpha value is -1.72. The summed E-state index contributed by atoms with van der Waals surface area (Å²) in [5.74, 6) is 0. The molecule has 0 N–H and O–H groups in total. The predicted octanol–water partition coefficient (Wildman–Crippen LogP) is 2.39. The minimum absolute atomic E-state index is 0.349. The quantitative estimate of drug-likeness (QED) is 0.871. The van der Waals surface area contributed by atoms with Crippen molar-refractivity contribution in [2.75, 3.05) is 7.05 Å². The van der Waals surface area contributed by atoms with Crippen LogP contribution in [0.4, 0.5) is 0 Å². The van der Waals surface area contributed by atoms with Gasteiger partial charge < -0.3 is 0 Å². The SMILES string of the molecule is CN(Cc1ccncc1)S(=O)(=O)c1ccc2c(c1)CCC2. The fourth-order valence-electron chi connectivity index (χ4n) is 2.72. The standard InChI is InChI=1S/C16H18N2O2S/c1-18(12-13-7-9-17-10-8-13)21(19,20)16-6-5-14-3-2-4-15(14)11-16/h5-11H,2-4,12H2,1H3. The topological polar surface area (TPSA) is 50.3 Å². The van der Waals surface area contributed by atoms with Crippen LogP contribution < -0.4 is 0 Å². The molecular formula is C16H18N2O2S. The molecule has 0 unspecified atom stereocenters. The first kappa shape index (κ1) is 14.2. The Morgan fingerprint density at radius 2 is 1.81 bits per heavy atom. The molecule has 1 aromatic carbocycles. The van der Waals surface area contributed by atoms with Gasteiger partial charge in [-0.15, -0.1) is 0 Å². The van der Waals surface area contributed by atoms with Crippen LogP contribution in [0.5, 0.6) is 0 Å². The van der Waals surface area contributed by atoms with Gasteiger partial charge in [-0.2, -0.15) is 4.31 Å². The molecule has 0 saturated heterocycles. The highest BCUT2D eigenvalue weighted by molar-refractivity contribution is 7.89. The van der Waals surface area contributed by atoms with E-state index in [9.17, 15) is 8.42 Å². The van der Waals surface area contributed by atoms with Crippen molar-refractivity contribution in [2.45, 2.75) is 30.7 Å². The molecule has 0 amide bonds. The van der Waals surface area contributed by atoms with Gasteiger partial charge in [0.05, 0.1) is 4.90 Å². The van der Waals surface area contributed by atoms with E-state index < -0.39 is 10.0 Å². The first-order valence-corrected chi connectivity index (χ1v) is 8.48. The molecule has 0 aliphatic heterocycles. The summed E-state index contributed by atoms with van der Waals surface area (Å²) in [6.45, 7) is 0.349. The summed E-state index contributed by atoms with van der Waals surface area (Å²) in [7, 11) is -1.83. The third-order valence-electron chi connectivity index (χ3n) is 3.93. The number of aryl methyl sites for hydroxylation is 2. The summed E-state index contributed by atoms with van der Waals surface area (Å²) in [4.78, 5) is 4.33. The van der Waals surface area contributed by atoms with Gasteiger partial charge in [0.2, 0.25) is 10.0 Å². The molecule has 0 spiro atoms. The largest absolute Gasteiger partial charge is 0.265 e. The third-order valence-corrected chi connectivity index (χ3v) is 5.73. The maximum Gasteiger partial charge on any atom is 0.243 e. The molecule has 0 atom stereocenters. The number of hydrogen-bond acceptors (Lipinski definition) is 3. The molecule has 3 rings (SSSR count). The Morgan fingerprint density at radius 1 is 1.10 bits per heavy atom. The van der Waals surface area contributed by atoms with Gasteiger partial charge in [-0.05, 0) is 60.2 Å². The molecule has 110 valence electrons. The van der Waals surface area contributed by atoms with E-state index in [2.05, 4.69) is 4.98 Å². The van der Waals surface area contributed by atoms with Crippen molar-refractivity contribution in [3.05, 3.63) is 59.4 Å². The van der Waals surface area contributed by atoms with Gasteiger partial charge in [-0.3, -0.25) is 4.98 Å². The number of hydrogen-bond donors (Lipinski definition) is 0. The van der Waals surface area contributed by atoms with Crippen LogP contribution in [0, 0.1) is 0 Å². The Bertz CT molecular complexity index is 742.